The Bertz CT molecular complexity index is 464. The SMILES string of the molecule is c1ccc2[nH]c(CCCC3CCNCC3)nc2c1. The summed E-state index contributed by atoms with van der Waals surface area (Å²) in [6, 6.07) is 8.27. The Morgan fingerprint density at radius 3 is 2.83 bits per heavy atom. The van der Waals surface area contributed by atoms with Gasteiger partial charge < -0.3 is 10.3 Å². The van der Waals surface area contributed by atoms with Crippen molar-refractivity contribution in [3.8, 4) is 0 Å². The summed E-state index contributed by atoms with van der Waals surface area (Å²) in [6.07, 6.45) is 6.38. The number of benzene rings is 1. The van der Waals surface area contributed by atoms with Crippen LogP contribution in [0.1, 0.15) is 31.5 Å². The number of H-pyrrole nitrogens is 1. The molecule has 1 aromatic heterocycles. The average Bonchev–Trinajstić information content (AvgIpc) is 2.82. The van der Waals surface area contributed by atoms with Crippen molar-refractivity contribution in [1.29, 1.82) is 0 Å². The molecule has 0 aliphatic carbocycles. The van der Waals surface area contributed by atoms with Crippen LogP contribution in [0, 0.1) is 5.92 Å². The standard InChI is InChI=1S/C15H21N3/c1-2-6-14-13(5-1)17-15(18-14)7-3-4-12-8-10-16-11-9-12/h1-2,5-6,12,16H,3-4,7-11H2,(H,17,18). The van der Waals surface area contributed by atoms with Gasteiger partial charge in [-0.1, -0.05) is 12.1 Å². The molecule has 1 aliphatic heterocycles. The molecule has 1 saturated heterocycles. The van der Waals surface area contributed by atoms with Crippen LogP contribution in [0.5, 0.6) is 0 Å². The van der Waals surface area contributed by atoms with E-state index in [1.165, 1.54) is 38.8 Å². The molecule has 2 heterocycles. The van der Waals surface area contributed by atoms with E-state index in [1.807, 2.05) is 6.07 Å². The minimum Gasteiger partial charge on any atom is -0.342 e. The highest BCUT2D eigenvalue weighted by Gasteiger charge is 2.12. The van der Waals surface area contributed by atoms with Gasteiger partial charge in [-0.25, -0.2) is 4.98 Å². The maximum atomic E-state index is 4.63. The van der Waals surface area contributed by atoms with Gasteiger partial charge in [0.2, 0.25) is 0 Å². The first-order chi connectivity index (χ1) is 8.92. The third-order valence-electron chi connectivity index (χ3n) is 3.92. The van der Waals surface area contributed by atoms with E-state index < -0.39 is 0 Å². The molecular formula is C15H21N3. The van der Waals surface area contributed by atoms with Crippen LogP contribution in [0.4, 0.5) is 0 Å². The molecule has 96 valence electrons. The molecule has 0 amide bonds. The van der Waals surface area contributed by atoms with Gasteiger partial charge in [-0.05, 0) is 56.8 Å². The molecule has 0 saturated carbocycles. The number of rotatable bonds is 4. The lowest BCUT2D eigenvalue weighted by Gasteiger charge is -2.22. The number of hydrogen-bond donors (Lipinski definition) is 2. The Balaban J connectivity index is 1.53. The lowest BCUT2D eigenvalue weighted by molar-refractivity contribution is 0.346. The van der Waals surface area contributed by atoms with Gasteiger partial charge in [0.15, 0.2) is 0 Å². The van der Waals surface area contributed by atoms with E-state index in [2.05, 4.69) is 33.5 Å². The Morgan fingerprint density at radius 1 is 1.17 bits per heavy atom. The maximum Gasteiger partial charge on any atom is 0.107 e. The number of para-hydroxylation sites is 2. The zero-order chi connectivity index (χ0) is 12.2. The molecule has 3 heteroatoms. The number of hydrogen-bond acceptors (Lipinski definition) is 2. The van der Waals surface area contributed by atoms with E-state index in [0.717, 1.165) is 29.2 Å². The predicted octanol–water partition coefficient (Wildman–Crippen LogP) is 2.89. The van der Waals surface area contributed by atoms with Crippen LogP contribution >= 0.6 is 0 Å². The fourth-order valence-electron chi connectivity index (χ4n) is 2.85. The topological polar surface area (TPSA) is 40.7 Å². The van der Waals surface area contributed by atoms with Crippen molar-refractivity contribution >= 4 is 11.0 Å². The second kappa shape index (κ2) is 5.53. The van der Waals surface area contributed by atoms with Crippen molar-refractivity contribution < 1.29 is 0 Å². The highest BCUT2D eigenvalue weighted by molar-refractivity contribution is 5.74. The summed E-state index contributed by atoms with van der Waals surface area (Å²) in [5.74, 6) is 2.07. The van der Waals surface area contributed by atoms with Gasteiger partial charge in [0.25, 0.3) is 0 Å². The summed E-state index contributed by atoms with van der Waals surface area (Å²) in [6.45, 7) is 2.41. The van der Waals surface area contributed by atoms with E-state index in [4.69, 9.17) is 0 Å². The number of imidazole rings is 1. The first-order valence-electron chi connectivity index (χ1n) is 7.06. The van der Waals surface area contributed by atoms with Crippen LogP contribution < -0.4 is 5.32 Å². The maximum absolute atomic E-state index is 4.63. The Kier molecular flexibility index (Phi) is 3.60. The van der Waals surface area contributed by atoms with Crippen molar-refractivity contribution in [2.75, 3.05) is 13.1 Å². The first kappa shape index (κ1) is 11.7. The van der Waals surface area contributed by atoms with E-state index in [0.29, 0.717) is 0 Å². The second-order valence-electron chi connectivity index (χ2n) is 5.29. The minimum absolute atomic E-state index is 0.927. The number of fused-ring (bicyclic) bond motifs is 1. The number of nitrogens with zero attached hydrogens (tertiary/aromatic N) is 1. The molecule has 0 unspecified atom stereocenters. The van der Waals surface area contributed by atoms with Gasteiger partial charge in [0.05, 0.1) is 11.0 Å². The number of aromatic amines is 1. The van der Waals surface area contributed by atoms with Crippen molar-refractivity contribution in [2.24, 2.45) is 5.92 Å². The number of piperidine rings is 1. The zero-order valence-electron chi connectivity index (χ0n) is 10.8. The molecule has 2 N–H and O–H groups in total. The molecule has 1 aliphatic rings. The van der Waals surface area contributed by atoms with Crippen molar-refractivity contribution in [3.05, 3.63) is 30.1 Å². The summed E-state index contributed by atoms with van der Waals surface area (Å²) in [5, 5.41) is 3.42. The molecular weight excluding hydrogens is 222 g/mol. The van der Waals surface area contributed by atoms with Gasteiger partial charge in [0.1, 0.15) is 5.82 Å². The third-order valence-corrected chi connectivity index (χ3v) is 3.92. The van der Waals surface area contributed by atoms with Crippen molar-refractivity contribution in [2.45, 2.75) is 32.1 Å². The highest BCUT2D eigenvalue weighted by Crippen LogP contribution is 2.19. The molecule has 0 radical (unpaired) electrons. The first-order valence-corrected chi connectivity index (χ1v) is 7.06. The van der Waals surface area contributed by atoms with Gasteiger partial charge in [-0.15, -0.1) is 0 Å². The largest absolute Gasteiger partial charge is 0.342 e. The molecule has 0 atom stereocenters. The molecule has 1 aromatic carbocycles. The number of nitrogens with one attached hydrogen (secondary N) is 2. The number of aryl methyl sites for hydroxylation is 1. The average molecular weight is 243 g/mol. The highest BCUT2D eigenvalue weighted by atomic mass is 14.9. The molecule has 1 fully saturated rings. The molecule has 2 aromatic rings. The van der Waals surface area contributed by atoms with Crippen LogP contribution in [-0.2, 0) is 6.42 Å². The summed E-state index contributed by atoms with van der Waals surface area (Å²) in [7, 11) is 0. The molecule has 0 bridgehead atoms. The van der Waals surface area contributed by atoms with Gasteiger partial charge >= 0.3 is 0 Å². The molecule has 18 heavy (non-hydrogen) atoms. The lowest BCUT2D eigenvalue weighted by atomic mass is 9.92. The molecule has 0 spiro atoms. The Morgan fingerprint density at radius 2 is 2.00 bits per heavy atom. The zero-order valence-corrected chi connectivity index (χ0v) is 10.8. The third kappa shape index (κ3) is 2.72. The fraction of sp³-hybridized carbons (Fsp3) is 0.533. The summed E-state index contributed by atoms with van der Waals surface area (Å²) < 4.78 is 0. The van der Waals surface area contributed by atoms with E-state index in [-0.39, 0.29) is 0 Å². The van der Waals surface area contributed by atoms with Crippen LogP contribution in [0.25, 0.3) is 11.0 Å². The van der Waals surface area contributed by atoms with Gasteiger partial charge in [-0.3, -0.25) is 0 Å². The van der Waals surface area contributed by atoms with E-state index in [1.54, 1.807) is 0 Å². The minimum atomic E-state index is 0.927. The van der Waals surface area contributed by atoms with E-state index in [9.17, 15) is 0 Å². The number of aromatic nitrogens is 2. The second-order valence-corrected chi connectivity index (χ2v) is 5.29. The van der Waals surface area contributed by atoms with Crippen molar-refractivity contribution in [3.63, 3.8) is 0 Å². The molecule has 3 nitrogen and oxygen atoms in total. The lowest BCUT2D eigenvalue weighted by Crippen LogP contribution is -2.27. The van der Waals surface area contributed by atoms with E-state index >= 15 is 0 Å². The normalized spacial score (nSPS) is 17.3. The molecule has 3 rings (SSSR count). The van der Waals surface area contributed by atoms with Crippen LogP contribution in [0.2, 0.25) is 0 Å². The summed E-state index contributed by atoms with van der Waals surface area (Å²) in [4.78, 5) is 8.04. The summed E-state index contributed by atoms with van der Waals surface area (Å²) >= 11 is 0. The van der Waals surface area contributed by atoms with Crippen LogP contribution in [-0.4, -0.2) is 23.1 Å². The fourth-order valence-corrected chi connectivity index (χ4v) is 2.85. The predicted molar refractivity (Wildman–Crippen MR) is 74.6 cm³/mol. The summed E-state index contributed by atoms with van der Waals surface area (Å²) in [5.41, 5.74) is 2.25. The van der Waals surface area contributed by atoms with Crippen LogP contribution in [0.15, 0.2) is 24.3 Å². The Hall–Kier alpha value is -1.35. The van der Waals surface area contributed by atoms with Gasteiger partial charge in [-0.2, -0.15) is 0 Å². The Labute approximate surface area is 108 Å². The quantitative estimate of drug-likeness (QED) is 0.867. The smallest absolute Gasteiger partial charge is 0.107 e. The van der Waals surface area contributed by atoms with Crippen LogP contribution in [0.3, 0.4) is 0 Å². The monoisotopic (exact) mass is 243 g/mol. The van der Waals surface area contributed by atoms with Crippen molar-refractivity contribution in [1.82, 2.24) is 15.3 Å². The van der Waals surface area contributed by atoms with Gasteiger partial charge in [0, 0.05) is 6.42 Å².